The summed E-state index contributed by atoms with van der Waals surface area (Å²) in [7, 11) is -3.58. The molecule has 0 amide bonds. The number of nitrogen functional groups attached to an aromatic ring is 1. The summed E-state index contributed by atoms with van der Waals surface area (Å²) in [6.07, 6.45) is 0. The molecule has 1 rings (SSSR count). The molecular weight excluding hydrogens is 318 g/mol. The van der Waals surface area contributed by atoms with Gasteiger partial charge in [0.2, 0.25) is 0 Å². The lowest BCUT2D eigenvalue weighted by Crippen LogP contribution is -2.33. The van der Waals surface area contributed by atoms with E-state index >= 15 is 0 Å². The van der Waals surface area contributed by atoms with Crippen molar-refractivity contribution in [3.63, 3.8) is 0 Å². The Morgan fingerprint density at radius 3 is 2.50 bits per heavy atom. The summed E-state index contributed by atoms with van der Waals surface area (Å²) >= 11 is 3.30. The van der Waals surface area contributed by atoms with Gasteiger partial charge >= 0.3 is 0 Å². The number of nitrogens with two attached hydrogens (primary N) is 1. The number of aryl methyl sites for hydroxylation is 1. The van der Waals surface area contributed by atoms with Crippen molar-refractivity contribution >= 4 is 37.5 Å². The predicted molar refractivity (Wildman–Crippen MR) is 78.7 cm³/mol. The van der Waals surface area contributed by atoms with Gasteiger partial charge in [-0.25, -0.2) is 0 Å². The molecule has 0 aliphatic carbocycles. The van der Waals surface area contributed by atoms with E-state index in [2.05, 4.69) is 25.4 Å². The van der Waals surface area contributed by atoms with Gasteiger partial charge < -0.3 is 5.73 Å². The zero-order valence-electron chi connectivity index (χ0n) is 10.6. The topological polar surface area (TPSA) is 84.2 Å². The van der Waals surface area contributed by atoms with E-state index in [0.29, 0.717) is 17.9 Å². The van der Waals surface area contributed by atoms with Crippen LogP contribution in [-0.4, -0.2) is 15.0 Å². The third kappa shape index (κ3) is 4.47. The molecule has 7 heteroatoms. The van der Waals surface area contributed by atoms with Crippen molar-refractivity contribution in [2.75, 3.05) is 17.0 Å². The molecule has 0 saturated carbocycles. The lowest BCUT2D eigenvalue weighted by atomic mass is 10.2. The summed E-state index contributed by atoms with van der Waals surface area (Å²) in [5.41, 5.74) is 7.36. The van der Waals surface area contributed by atoms with Crippen LogP contribution in [0, 0.1) is 12.8 Å². The van der Waals surface area contributed by atoms with Crippen LogP contribution >= 0.6 is 15.9 Å². The van der Waals surface area contributed by atoms with E-state index < -0.39 is 10.2 Å². The van der Waals surface area contributed by atoms with Crippen molar-refractivity contribution in [3.05, 3.63) is 22.2 Å². The highest BCUT2D eigenvalue weighted by molar-refractivity contribution is 9.10. The van der Waals surface area contributed by atoms with Crippen LogP contribution < -0.4 is 15.2 Å². The van der Waals surface area contributed by atoms with E-state index in [1.807, 2.05) is 13.8 Å². The zero-order valence-corrected chi connectivity index (χ0v) is 13.0. The fourth-order valence-electron chi connectivity index (χ4n) is 1.36. The molecule has 0 fully saturated rings. The number of nitrogens with one attached hydrogen (secondary N) is 2. The molecule has 0 heterocycles. The van der Waals surface area contributed by atoms with Crippen LogP contribution in [0.2, 0.25) is 0 Å². The summed E-state index contributed by atoms with van der Waals surface area (Å²) in [6, 6.07) is 3.46. The van der Waals surface area contributed by atoms with E-state index in [4.69, 9.17) is 5.73 Å². The van der Waals surface area contributed by atoms with Crippen LogP contribution in [0.25, 0.3) is 0 Å². The second kappa shape index (κ2) is 5.90. The minimum absolute atomic E-state index is 0.241. The van der Waals surface area contributed by atoms with Gasteiger partial charge in [0.1, 0.15) is 0 Å². The largest absolute Gasteiger partial charge is 0.397 e. The van der Waals surface area contributed by atoms with Crippen LogP contribution in [-0.2, 0) is 10.2 Å². The summed E-state index contributed by atoms with van der Waals surface area (Å²) in [6.45, 7) is 6.04. The molecule has 0 unspecified atom stereocenters. The quantitative estimate of drug-likeness (QED) is 0.721. The first-order valence-electron chi connectivity index (χ1n) is 5.54. The number of hydrogen-bond donors (Lipinski definition) is 3. The van der Waals surface area contributed by atoms with Crippen LogP contribution in [0.5, 0.6) is 0 Å². The molecule has 0 atom stereocenters. The molecule has 0 aliphatic heterocycles. The standard InChI is InChI=1S/C11H18BrN3O2S/c1-7(2)6-14-18(16,17)15-11-8(3)4-9(12)5-10(11)13/h4-5,7,14-15H,6,13H2,1-3H3. The van der Waals surface area contributed by atoms with Crippen molar-refractivity contribution in [2.24, 2.45) is 5.92 Å². The van der Waals surface area contributed by atoms with Crippen LogP contribution in [0.1, 0.15) is 19.4 Å². The number of anilines is 2. The third-order valence-corrected chi connectivity index (χ3v) is 3.73. The molecule has 0 aliphatic rings. The van der Waals surface area contributed by atoms with Gasteiger partial charge in [-0.3, -0.25) is 4.72 Å². The minimum Gasteiger partial charge on any atom is -0.397 e. The molecule has 0 spiro atoms. The van der Waals surface area contributed by atoms with Crippen molar-refractivity contribution in [3.8, 4) is 0 Å². The van der Waals surface area contributed by atoms with Crippen molar-refractivity contribution < 1.29 is 8.42 Å². The van der Waals surface area contributed by atoms with Crippen LogP contribution in [0.4, 0.5) is 11.4 Å². The fourth-order valence-corrected chi connectivity index (χ4v) is 3.12. The Kier molecular flexibility index (Phi) is 5.01. The summed E-state index contributed by atoms with van der Waals surface area (Å²) in [5.74, 6) is 0.241. The normalized spacial score (nSPS) is 11.8. The van der Waals surface area contributed by atoms with Gasteiger partial charge in [0.25, 0.3) is 10.2 Å². The van der Waals surface area contributed by atoms with E-state index in [-0.39, 0.29) is 5.92 Å². The van der Waals surface area contributed by atoms with Crippen molar-refractivity contribution in [2.45, 2.75) is 20.8 Å². The van der Waals surface area contributed by atoms with Crippen molar-refractivity contribution in [1.29, 1.82) is 0 Å². The molecule has 0 aromatic heterocycles. The highest BCUT2D eigenvalue weighted by Gasteiger charge is 2.14. The molecule has 4 N–H and O–H groups in total. The van der Waals surface area contributed by atoms with Gasteiger partial charge in [0.15, 0.2) is 0 Å². The Hall–Kier alpha value is -0.790. The molecule has 5 nitrogen and oxygen atoms in total. The first-order valence-corrected chi connectivity index (χ1v) is 7.82. The van der Waals surface area contributed by atoms with E-state index in [1.165, 1.54) is 0 Å². The Balaban J connectivity index is 2.91. The average molecular weight is 336 g/mol. The lowest BCUT2D eigenvalue weighted by molar-refractivity contribution is 0.565. The van der Waals surface area contributed by atoms with Gasteiger partial charge in [0.05, 0.1) is 11.4 Å². The zero-order chi connectivity index (χ0) is 13.9. The predicted octanol–water partition coefficient (Wildman–Crippen LogP) is 2.24. The molecule has 1 aromatic rings. The minimum atomic E-state index is -3.58. The van der Waals surface area contributed by atoms with Crippen LogP contribution in [0.3, 0.4) is 0 Å². The van der Waals surface area contributed by atoms with Gasteiger partial charge in [-0.05, 0) is 30.5 Å². The Labute approximate surface area is 116 Å². The maximum atomic E-state index is 11.8. The first kappa shape index (κ1) is 15.3. The summed E-state index contributed by atoms with van der Waals surface area (Å²) < 4.78 is 29.3. The molecule has 0 saturated heterocycles. The molecular formula is C11H18BrN3O2S. The van der Waals surface area contributed by atoms with E-state index in [9.17, 15) is 8.42 Å². The maximum Gasteiger partial charge on any atom is 0.299 e. The number of rotatable bonds is 5. The molecule has 1 aromatic carbocycles. The van der Waals surface area contributed by atoms with Crippen molar-refractivity contribution in [1.82, 2.24) is 4.72 Å². The van der Waals surface area contributed by atoms with E-state index in [1.54, 1.807) is 19.1 Å². The van der Waals surface area contributed by atoms with Gasteiger partial charge in [-0.15, -0.1) is 0 Å². The molecule has 0 radical (unpaired) electrons. The Morgan fingerprint density at radius 2 is 2.00 bits per heavy atom. The Bertz CT molecular complexity index is 506. The fraction of sp³-hybridized carbons (Fsp3) is 0.455. The lowest BCUT2D eigenvalue weighted by Gasteiger charge is -2.14. The van der Waals surface area contributed by atoms with Gasteiger partial charge in [-0.1, -0.05) is 29.8 Å². The highest BCUT2D eigenvalue weighted by atomic mass is 79.9. The number of hydrogen-bond acceptors (Lipinski definition) is 3. The average Bonchev–Trinajstić information content (AvgIpc) is 2.21. The molecule has 18 heavy (non-hydrogen) atoms. The van der Waals surface area contributed by atoms with Gasteiger partial charge in [0, 0.05) is 11.0 Å². The van der Waals surface area contributed by atoms with E-state index in [0.717, 1.165) is 10.0 Å². The monoisotopic (exact) mass is 335 g/mol. The summed E-state index contributed by atoms with van der Waals surface area (Å²) in [5, 5.41) is 0. The third-order valence-electron chi connectivity index (χ3n) is 2.25. The SMILES string of the molecule is Cc1cc(Br)cc(N)c1NS(=O)(=O)NCC(C)C. The second-order valence-corrected chi connectivity index (χ2v) is 6.95. The number of benzene rings is 1. The smallest absolute Gasteiger partial charge is 0.299 e. The summed E-state index contributed by atoms with van der Waals surface area (Å²) in [4.78, 5) is 0. The highest BCUT2D eigenvalue weighted by Crippen LogP contribution is 2.28. The molecule has 102 valence electrons. The Morgan fingerprint density at radius 1 is 1.39 bits per heavy atom. The number of halogens is 1. The second-order valence-electron chi connectivity index (χ2n) is 4.53. The molecule has 0 bridgehead atoms. The first-order chi connectivity index (χ1) is 8.21. The maximum absolute atomic E-state index is 11.8. The van der Waals surface area contributed by atoms with Gasteiger partial charge in [-0.2, -0.15) is 13.1 Å². The van der Waals surface area contributed by atoms with Crippen LogP contribution in [0.15, 0.2) is 16.6 Å².